The molecule has 3 aromatic heterocycles. The molecule has 0 unspecified atom stereocenters. The molecule has 0 aliphatic rings. The van der Waals surface area contributed by atoms with Crippen LogP contribution in [0.1, 0.15) is 10.5 Å². The molecular formula is C18H11ClF3N5O. The molecule has 6 nitrogen and oxygen atoms in total. The number of hydrogen-bond donors (Lipinski definition) is 0. The number of fused-ring (bicyclic) bond motifs is 1. The van der Waals surface area contributed by atoms with Gasteiger partial charge in [0.05, 0.1) is 35.5 Å². The number of aromatic nitrogens is 5. The van der Waals surface area contributed by atoms with E-state index in [1.54, 1.807) is 12.1 Å². The maximum Gasteiger partial charge on any atom is 0.256 e. The lowest BCUT2D eigenvalue weighted by atomic mass is 10.1. The number of carbonyl (C=O) groups excluding carboxylic acids is 1. The number of imidazole rings is 2. The largest absolute Gasteiger partial charge is 0.323 e. The molecule has 0 spiro atoms. The maximum absolute atomic E-state index is 13.5. The van der Waals surface area contributed by atoms with Gasteiger partial charge in [-0.2, -0.15) is 5.10 Å². The summed E-state index contributed by atoms with van der Waals surface area (Å²) in [5.74, 6) is -0.604. The zero-order chi connectivity index (χ0) is 19.8. The molecule has 10 heteroatoms. The number of nitrogens with zero attached hydrogens (tertiary/aromatic N) is 5. The van der Waals surface area contributed by atoms with E-state index in [0.717, 1.165) is 0 Å². The second kappa shape index (κ2) is 7.08. The van der Waals surface area contributed by atoms with Crippen LogP contribution >= 0.6 is 11.6 Å². The maximum atomic E-state index is 13.5. The number of benzene rings is 1. The van der Waals surface area contributed by atoms with Crippen molar-refractivity contribution >= 4 is 23.5 Å². The Morgan fingerprint density at radius 1 is 1.18 bits per heavy atom. The quantitative estimate of drug-likeness (QED) is 0.468. The number of aldehydes is 1. The number of rotatable bonds is 5. The lowest BCUT2D eigenvalue weighted by Crippen LogP contribution is -2.08. The summed E-state index contributed by atoms with van der Waals surface area (Å²) >= 11 is 5.86. The zero-order valence-electron chi connectivity index (χ0n) is 14.1. The first-order chi connectivity index (χ1) is 13.5. The molecule has 0 fully saturated rings. The van der Waals surface area contributed by atoms with Crippen LogP contribution < -0.4 is 0 Å². The van der Waals surface area contributed by atoms with Crippen LogP contribution in [0.15, 0.2) is 42.9 Å². The van der Waals surface area contributed by atoms with Gasteiger partial charge in [0.15, 0.2) is 11.9 Å². The molecule has 0 aliphatic carbocycles. The number of alkyl halides is 2. The van der Waals surface area contributed by atoms with Crippen LogP contribution in [-0.4, -0.2) is 36.9 Å². The van der Waals surface area contributed by atoms with Gasteiger partial charge in [-0.15, -0.1) is 0 Å². The van der Waals surface area contributed by atoms with Crippen molar-refractivity contribution in [2.75, 3.05) is 0 Å². The summed E-state index contributed by atoms with van der Waals surface area (Å²) in [4.78, 5) is 19.4. The molecule has 142 valence electrons. The van der Waals surface area contributed by atoms with E-state index in [0.29, 0.717) is 28.9 Å². The third-order valence-corrected chi connectivity index (χ3v) is 4.41. The monoisotopic (exact) mass is 405 g/mol. The van der Waals surface area contributed by atoms with Crippen LogP contribution in [0.25, 0.3) is 28.3 Å². The van der Waals surface area contributed by atoms with Gasteiger partial charge >= 0.3 is 0 Å². The van der Waals surface area contributed by atoms with Gasteiger partial charge in [-0.25, -0.2) is 27.7 Å². The highest BCUT2D eigenvalue weighted by atomic mass is 35.5. The molecule has 0 bridgehead atoms. The van der Waals surface area contributed by atoms with E-state index in [4.69, 9.17) is 11.6 Å². The number of halogens is 4. The molecule has 0 amide bonds. The highest BCUT2D eigenvalue weighted by molar-refractivity contribution is 6.31. The van der Waals surface area contributed by atoms with E-state index in [-0.39, 0.29) is 16.4 Å². The van der Waals surface area contributed by atoms with Crippen LogP contribution in [0, 0.1) is 5.82 Å². The first-order valence-corrected chi connectivity index (χ1v) is 8.44. The average molecular weight is 406 g/mol. The highest BCUT2D eigenvalue weighted by Crippen LogP contribution is 2.32. The fourth-order valence-corrected chi connectivity index (χ4v) is 3.07. The van der Waals surface area contributed by atoms with Crippen molar-refractivity contribution < 1.29 is 18.0 Å². The van der Waals surface area contributed by atoms with Crippen LogP contribution in [0.5, 0.6) is 0 Å². The van der Waals surface area contributed by atoms with E-state index < -0.39 is 18.8 Å². The van der Waals surface area contributed by atoms with E-state index in [1.807, 2.05) is 0 Å². The first kappa shape index (κ1) is 18.2. The lowest BCUT2D eigenvalue weighted by Gasteiger charge is -2.10. The summed E-state index contributed by atoms with van der Waals surface area (Å²) in [6, 6.07) is 7.18. The molecule has 0 atom stereocenters. The molecule has 0 radical (unpaired) electrons. The summed E-state index contributed by atoms with van der Waals surface area (Å²) < 4.78 is 42.2. The molecule has 1 aromatic carbocycles. The van der Waals surface area contributed by atoms with Crippen molar-refractivity contribution in [1.82, 2.24) is 24.1 Å². The lowest BCUT2D eigenvalue weighted by molar-refractivity contribution is 0.111. The topological polar surface area (TPSA) is 65.1 Å². The Morgan fingerprint density at radius 2 is 2.00 bits per heavy atom. The molecular weight excluding hydrogens is 395 g/mol. The van der Waals surface area contributed by atoms with E-state index in [2.05, 4.69) is 15.1 Å². The van der Waals surface area contributed by atoms with Crippen molar-refractivity contribution in [2.24, 2.45) is 0 Å². The van der Waals surface area contributed by atoms with Gasteiger partial charge in [0.1, 0.15) is 17.2 Å². The normalized spacial score (nSPS) is 11.5. The van der Waals surface area contributed by atoms with Crippen molar-refractivity contribution in [3.05, 3.63) is 59.4 Å². The molecule has 28 heavy (non-hydrogen) atoms. The minimum Gasteiger partial charge on any atom is -0.323 e. The summed E-state index contributed by atoms with van der Waals surface area (Å²) in [6.45, 7) is -0.610. The van der Waals surface area contributed by atoms with Gasteiger partial charge in [0.2, 0.25) is 0 Å². The fourth-order valence-electron chi connectivity index (χ4n) is 2.89. The zero-order valence-corrected chi connectivity index (χ0v) is 14.8. The number of hydrogen-bond acceptors (Lipinski definition) is 4. The van der Waals surface area contributed by atoms with Crippen molar-refractivity contribution in [2.45, 2.75) is 13.0 Å². The van der Waals surface area contributed by atoms with Crippen molar-refractivity contribution in [3.63, 3.8) is 0 Å². The van der Waals surface area contributed by atoms with Crippen LogP contribution in [0.2, 0.25) is 5.02 Å². The predicted octanol–water partition coefficient (Wildman–Crippen LogP) is 4.13. The van der Waals surface area contributed by atoms with Gasteiger partial charge in [-0.1, -0.05) is 11.6 Å². The summed E-state index contributed by atoms with van der Waals surface area (Å²) in [6.07, 6.45) is 0.582. The second-order valence-corrected chi connectivity index (χ2v) is 6.31. The molecule has 0 saturated heterocycles. The van der Waals surface area contributed by atoms with Crippen molar-refractivity contribution in [1.29, 1.82) is 0 Å². The molecule has 0 aliphatic heterocycles. The first-order valence-electron chi connectivity index (χ1n) is 8.07. The van der Waals surface area contributed by atoms with Gasteiger partial charge < -0.3 is 4.57 Å². The Kier molecular flexibility index (Phi) is 4.60. The third kappa shape index (κ3) is 3.13. The Bertz CT molecular complexity index is 1190. The minimum absolute atomic E-state index is 0.117. The summed E-state index contributed by atoms with van der Waals surface area (Å²) in [5, 5.41) is 4.24. The SMILES string of the molecule is O=Cc1cnc2ccc(-c3c(-c4ccc(F)c(Cl)c4)ncn3CC(F)F)nn12. The molecule has 0 saturated carbocycles. The van der Waals surface area contributed by atoms with Gasteiger partial charge in [-0.3, -0.25) is 4.79 Å². The molecule has 3 heterocycles. The second-order valence-electron chi connectivity index (χ2n) is 5.90. The summed E-state index contributed by atoms with van der Waals surface area (Å²) in [5.41, 5.74) is 1.97. The average Bonchev–Trinajstić information content (AvgIpc) is 3.26. The van der Waals surface area contributed by atoms with Crippen LogP contribution in [0.4, 0.5) is 13.2 Å². The van der Waals surface area contributed by atoms with E-state index in [1.165, 1.54) is 39.8 Å². The van der Waals surface area contributed by atoms with Gasteiger partial charge in [0.25, 0.3) is 6.43 Å². The fraction of sp³-hybridized carbons (Fsp3) is 0.111. The van der Waals surface area contributed by atoms with Gasteiger partial charge in [0, 0.05) is 5.56 Å². The smallest absolute Gasteiger partial charge is 0.256 e. The van der Waals surface area contributed by atoms with Gasteiger partial charge in [-0.05, 0) is 30.3 Å². The molecule has 0 N–H and O–H groups in total. The predicted molar refractivity (Wildman–Crippen MR) is 96.0 cm³/mol. The molecule has 4 rings (SSSR count). The van der Waals surface area contributed by atoms with E-state index in [9.17, 15) is 18.0 Å². The molecule has 4 aromatic rings. The standard InChI is InChI=1S/C18H11ClF3N5O/c19-12-5-10(1-2-13(12)20)17-18(26(9-24-17)7-15(21)22)14-3-4-16-23-6-11(8-28)27(16)25-14/h1-6,8-9,15H,7H2. The van der Waals surface area contributed by atoms with Crippen LogP contribution in [0.3, 0.4) is 0 Å². The van der Waals surface area contributed by atoms with Crippen molar-refractivity contribution in [3.8, 4) is 22.6 Å². The van der Waals surface area contributed by atoms with Crippen LogP contribution in [-0.2, 0) is 6.54 Å². The Balaban J connectivity index is 1.94. The third-order valence-electron chi connectivity index (χ3n) is 4.12. The Labute approximate surface area is 161 Å². The highest BCUT2D eigenvalue weighted by Gasteiger charge is 2.20. The summed E-state index contributed by atoms with van der Waals surface area (Å²) in [7, 11) is 0. The Hall–Kier alpha value is -3.20. The Morgan fingerprint density at radius 3 is 2.71 bits per heavy atom. The van der Waals surface area contributed by atoms with E-state index >= 15 is 0 Å². The number of carbonyl (C=O) groups is 1. The minimum atomic E-state index is -2.62.